The van der Waals surface area contributed by atoms with Gasteiger partial charge in [-0.15, -0.1) is 0 Å². The second-order valence-electron chi connectivity index (χ2n) is 6.29. The van der Waals surface area contributed by atoms with E-state index in [1.807, 2.05) is 42.5 Å². The van der Waals surface area contributed by atoms with Crippen molar-refractivity contribution in [2.45, 2.75) is 19.0 Å². The van der Waals surface area contributed by atoms with Gasteiger partial charge in [0.05, 0.1) is 10.6 Å². The predicted molar refractivity (Wildman–Crippen MR) is 105 cm³/mol. The monoisotopic (exact) mass is 403 g/mol. The fraction of sp³-hybridized carbons (Fsp3) is 0.136. The molecule has 0 bridgehead atoms. The zero-order valence-electron chi connectivity index (χ0n) is 14.8. The Hall–Kier alpha value is -2.79. The van der Waals surface area contributed by atoms with Crippen LogP contribution in [0.1, 0.15) is 27.0 Å². The molecule has 0 fully saturated rings. The molecule has 3 aromatic carbocycles. The molecule has 0 unspecified atom stereocenters. The Labute approximate surface area is 166 Å². The van der Waals surface area contributed by atoms with Crippen LogP contribution >= 0.6 is 11.6 Å². The number of rotatable bonds is 5. The average Bonchev–Trinajstić information content (AvgIpc) is 2.68. The largest absolute Gasteiger partial charge is 0.417 e. The SMILES string of the molecule is O=C(Nc1ccc(Cl)c(C(F)(F)F)c1)c1ccccc1CCc1ccccc1. The highest BCUT2D eigenvalue weighted by Gasteiger charge is 2.33. The van der Waals surface area contributed by atoms with Crippen molar-refractivity contribution in [1.82, 2.24) is 0 Å². The summed E-state index contributed by atoms with van der Waals surface area (Å²) in [6, 6.07) is 20.2. The molecule has 6 heteroatoms. The molecule has 0 aliphatic rings. The van der Waals surface area contributed by atoms with Crippen molar-refractivity contribution >= 4 is 23.2 Å². The number of anilines is 1. The van der Waals surface area contributed by atoms with Gasteiger partial charge in [0, 0.05) is 11.3 Å². The van der Waals surface area contributed by atoms with Gasteiger partial charge in [0.2, 0.25) is 0 Å². The predicted octanol–water partition coefficient (Wildman–Crippen LogP) is 6.40. The number of hydrogen-bond acceptors (Lipinski definition) is 1. The number of aryl methyl sites for hydroxylation is 2. The van der Waals surface area contributed by atoms with Gasteiger partial charge in [-0.25, -0.2) is 0 Å². The van der Waals surface area contributed by atoms with E-state index in [-0.39, 0.29) is 5.69 Å². The van der Waals surface area contributed by atoms with Gasteiger partial charge in [-0.2, -0.15) is 13.2 Å². The Bertz CT molecular complexity index is 971. The second-order valence-corrected chi connectivity index (χ2v) is 6.70. The van der Waals surface area contributed by atoms with Crippen molar-refractivity contribution in [2.24, 2.45) is 0 Å². The van der Waals surface area contributed by atoms with E-state index in [1.165, 1.54) is 6.07 Å². The molecule has 0 atom stereocenters. The lowest BCUT2D eigenvalue weighted by Crippen LogP contribution is -2.15. The van der Waals surface area contributed by atoms with Crippen LogP contribution in [0.25, 0.3) is 0 Å². The van der Waals surface area contributed by atoms with E-state index in [4.69, 9.17) is 11.6 Å². The van der Waals surface area contributed by atoms with Crippen LogP contribution in [0.2, 0.25) is 5.02 Å². The number of halogens is 4. The molecule has 144 valence electrons. The van der Waals surface area contributed by atoms with Gasteiger partial charge < -0.3 is 5.32 Å². The van der Waals surface area contributed by atoms with Crippen molar-refractivity contribution in [3.05, 3.63) is 100 Å². The number of benzene rings is 3. The molecule has 0 saturated heterocycles. The zero-order valence-corrected chi connectivity index (χ0v) is 15.5. The molecule has 1 N–H and O–H groups in total. The Morgan fingerprint density at radius 2 is 1.57 bits per heavy atom. The van der Waals surface area contributed by atoms with Crippen LogP contribution < -0.4 is 5.32 Å². The summed E-state index contributed by atoms with van der Waals surface area (Å²) in [6.45, 7) is 0. The van der Waals surface area contributed by atoms with Gasteiger partial charge in [-0.3, -0.25) is 4.79 Å². The normalized spacial score (nSPS) is 11.3. The van der Waals surface area contributed by atoms with E-state index in [0.717, 1.165) is 29.7 Å². The minimum atomic E-state index is -4.59. The van der Waals surface area contributed by atoms with Gasteiger partial charge in [-0.05, 0) is 48.2 Å². The van der Waals surface area contributed by atoms with Crippen molar-refractivity contribution in [1.29, 1.82) is 0 Å². The maximum absolute atomic E-state index is 13.0. The fourth-order valence-electron chi connectivity index (χ4n) is 2.90. The van der Waals surface area contributed by atoms with E-state index >= 15 is 0 Å². The maximum atomic E-state index is 13.0. The van der Waals surface area contributed by atoms with E-state index in [2.05, 4.69) is 5.32 Å². The topological polar surface area (TPSA) is 29.1 Å². The van der Waals surface area contributed by atoms with Crippen LogP contribution in [0.15, 0.2) is 72.8 Å². The number of hydrogen-bond donors (Lipinski definition) is 1. The van der Waals surface area contributed by atoms with Crippen LogP contribution in [-0.2, 0) is 19.0 Å². The van der Waals surface area contributed by atoms with E-state index < -0.39 is 22.7 Å². The Kier molecular flexibility index (Phi) is 6.05. The third kappa shape index (κ3) is 4.93. The summed E-state index contributed by atoms with van der Waals surface area (Å²) in [5.41, 5.74) is 1.46. The van der Waals surface area contributed by atoms with Crippen molar-refractivity contribution < 1.29 is 18.0 Å². The number of nitrogens with one attached hydrogen (secondary N) is 1. The van der Waals surface area contributed by atoms with Crippen LogP contribution in [0.4, 0.5) is 18.9 Å². The average molecular weight is 404 g/mol. The molecule has 0 aliphatic heterocycles. The standard InChI is InChI=1S/C22H17ClF3NO/c23-20-13-12-17(14-19(20)22(24,25)26)27-21(28)18-9-5-4-8-16(18)11-10-15-6-2-1-3-7-15/h1-9,12-14H,10-11H2,(H,27,28). The van der Waals surface area contributed by atoms with Gasteiger partial charge in [0.15, 0.2) is 0 Å². The van der Waals surface area contributed by atoms with Gasteiger partial charge in [0.1, 0.15) is 0 Å². The minimum Gasteiger partial charge on any atom is -0.322 e. The summed E-state index contributed by atoms with van der Waals surface area (Å²) < 4.78 is 39.1. The molecule has 0 aromatic heterocycles. The van der Waals surface area contributed by atoms with Crippen LogP contribution in [0, 0.1) is 0 Å². The number of alkyl halides is 3. The van der Waals surface area contributed by atoms with Crippen molar-refractivity contribution in [3.63, 3.8) is 0 Å². The molecule has 0 aliphatic carbocycles. The molecule has 3 aromatic rings. The first-order valence-corrected chi connectivity index (χ1v) is 9.02. The summed E-state index contributed by atoms with van der Waals surface area (Å²) in [6.07, 6.45) is -3.20. The summed E-state index contributed by atoms with van der Waals surface area (Å²) in [5, 5.41) is 2.13. The number of carbonyl (C=O) groups excluding carboxylic acids is 1. The molecule has 0 saturated carbocycles. The molecule has 0 spiro atoms. The second kappa shape index (κ2) is 8.48. The Morgan fingerprint density at radius 3 is 2.29 bits per heavy atom. The quantitative estimate of drug-likeness (QED) is 0.525. The molecular weight excluding hydrogens is 387 g/mol. The van der Waals surface area contributed by atoms with Crippen molar-refractivity contribution in [3.8, 4) is 0 Å². The number of carbonyl (C=O) groups is 1. The van der Waals surface area contributed by atoms with Gasteiger partial charge in [0.25, 0.3) is 5.91 Å². The summed E-state index contributed by atoms with van der Waals surface area (Å²) in [7, 11) is 0. The van der Waals surface area contributed by atoms with Crippen molar-refractivity contribution in [2.75, 3.05) is 5.32 Å². The smallest absolute Gasteiger partial charge is 0.322 e. The first-order valence-electron chi connectivity index (χ1n) is 8.64. The highest BCUT2D eigenvalue weighted by atomic mass is 35.5. The summed E-state index contributed by atoms with van der Waals surface area (Å²) >= 11 is 5.63. The molecule has 2 nitrogen and oxygen atoms in total. The Morgan fingerprint density at radius 1 is 0.893 bits per heavy atom. The fourth-order valence-corrected chi connectivity index (χ4v) is 3.13. The first-order chi connectivity index (χ1) is 13.3. The summed E-state index contributed by atoms with van der Waals surface area (Å²) in [4.78, 5) is 12.7. The zero-order chi connectivity index (χ0) is 20.1. The lowest BCUT2D eigenvalue weighted by Gasteiger charge is -2.13. The summed E-state index contributed by atoms with van der Waals surface area (Å²) in [5.74, 6) is -0.459. The van der Waals surface area contributed by atoms with E-state index in [1.54, 1.807) is 12.1 Å². The molecule has 3 rings (SSSR count). The van der Waals surface area contributed by atoms with Gasteiger partial charge >= 0.3 is 6.18 Å². The highest BCUT2D eigenvalue weighted by molar-refractivity contribution is 6.31. The molecular formula is C22H17ClF3NO. The third-order valence-corrected chi connectivity index (χ3v) is 4.65. The lowest BCUT2D eigenvalue weighted by atomic mass is 9.99. The van der Waals surface area contributed by atoms with E-state index in [9.17, 15) is 18.0 Å². The van der Waals surface area contributed by atoms with Gasteiger partial charge in [-0.1, -0.05) is 60.1 Å². The van der Waals surface area contributed by atoms with E-state index in [0.29, 0.717) is 12.0 Å². The highest BCUT2D eigenvalue weighted by Crippen LogP contribution is 2.36. The minimum absolute atomic E-state index is 0.0413. The molecule has 28 heavy (non-hydrogen) atoms. The maximum Gasteiger partial charge on any atom is 0.417 e. The van der Waals surface area contributed by atoms with Crippen LogP contribution in [0.5, 0.6) is 0 Å². The Balaban J connectivity index is 1.78. The number of amides is 1. The van der Waals surface area contributed by atoms with Crippen LogP contribution in [0.3, 0.4) is 0 Å². The van der Waals surface area contributed by atoms with Crippen LogP contribution in [-0.4, -0.2) is 5.91 Å². The molecule has 0 radical (unpaired) electrons. The molecule has 1 amide bonds. The first kappa shape index (κ1) is 20.0. The molecule has 0 heterocycles. The third-order valence-electron chi connectivity index (χ3n) is 4.32. The lowest BCUT2D eigenvalue weighted by molar-refractivity contribution is -0.137.